The minimum absolute atomic E-state index is 0.578. The third-order valence-electron chi connectivity index (χ3n) is 3.08. The molecule has 0 saturated carbocycles. The van der Waals surface area contributed by atoms with Crippen LogP contribution in [0.3, 0.4) is 0 Å². The van der Waals surface area contributed by atoms with Gasteiger partial charge in [0.2, 0.25) is 5.95 Å². The Labute approximate surface area is 128 Å². The minimum Gasteiger partial charge on any atom is -0.495 e. The average Bonchev–Trinajstić information content (AvgIpc) is 2.98. The predicted octanol–water partition coefficient (Wildman–Crippen LogP) is 4.28. The zero-order valence-corrected chi connectivity index (χ0v) is 12.2. The number of benzene rings is 2. The molecule has 1 N–H and O–H groups in total. The van der Waals surface area contributed by atoms with Crippen LogP contribution in [0.2, 0.25) is 5.02 Å². The van der Waals surface area contributed by atoms with Crippen LogP contribution in [0, 0.1) is 0 Å². The molecule has 0 saturated heterocycles. The molecule has 0 fully saturated rings. The number of nitrogens with zero attached hydrogens (tertiary/aromatic N) is 2. The van der Waals surface area contributed by atoms with Crippen molar-refractivity contribution in [2.24, 2.45) is 0 Å². The number of methoxy groups -OCH3 is 1. The maximum Gasteiger partial charge on any atom is 0.212 e. The Balaban J connectivity index is 1.91. The van der Waals surface area contributed by atoms with E-state index in [1.54, 1.807) is 19.4 Å². The number of ether oxygens (including phenoxy) is 1. The Kier molecular flexibility index (Phi) is 3.79. The quantitative estimate of drug-likeness (QED) is 0.781. The van der Waals surface area contributed by atoms with E-state index in [0.717, 1.165) is 17.3 Å². The molecule has 3 aromatic rings. The van der Waals surface area contributed by atoms with E-state index in [9.17, 15) is 0 Å². The maximum absolute atomic E-state index is 6.03. The van der Waals surface area contributed by atoms with E-state index in [1.807, 2.05) is 53.2 Å². The highest BCUT2D eigenvalue weighted by Crippen LogP contribution is 2.29. The summed E-state index contributed by atoms with van der Waals surface area (Å²) in [4.78, 5) is 4.34. The lowest BCUT2D eigenvalue weighted by Gasteiger charge is -2.11. The van der Waals surface area contributed by atoms with Gasteiger partial charge in [-0.2, -0.15) is 0 Å². The summed E-state index contributed by atoms with van der Waals surface area (Å²) in [5.41, 5.74) is 1.90. The lowest BCUT2D eigenvalue weighted by atomic mass is 10.3. The van der Waals surface area contributed by atoms with Crippen molar-refractivity contribution in [3.63, 3.8) is 0 Å². The molecule has 1 heterocycles. The normalized spacial score (nSPS) is 10.4. The van der Waals surface area contributed by atoms with Gasteiger partial charge >= 0.3 is 0 Å². The second-order valence-corrected chi connectivity index (χ2v) is 4.84. The van der Waals surface area contributed by atoms with E-state index < -0.39 is 0 Å². The number of aromatic nitrogens is 2. The van der Waals surface area contributed by atoms with E-state index >= 15 is 0 Å². The van der Waals surface area contributed by atoms with E-state index in [4.69, 9.17) is 16.3 Å². The second kappa shape index (κ2) is 5.89. The van der Waals surface area contributed by atoms with Crippen molar-refractivity contribution in [3.05, 3.63) is 65.9 Å². The number of halogens is 1. The molecule has 0 aliphatic carbocycles. The molecule has 5 heteroatoms. The summed E-state index contributed by atoms with van der Waals surface area (Å²) in [6, 6.07) is 15.5. The number of hydrogen-bond acceptors (Lipinski definition) is 3. The zero-order chi connectivity index (χ0) is 14.7. The molecule has 0 amide bonds. The van der Waals surface area contributed by atoms with Crippen LogP contribution >= 0.6 is 11.6 Å². The molecule has 21 heavy (non-hydrogen) atoms. The number of hydrogen-bond donors (Lipinski definition) is 1. The van der Waals surface area contributed by atoms with E-state index in [-0.39, 0.29) is 0 Å². The van der Waals surface area contributed by atoms with Crippen LogP contribution in [-0.4, -0.2) is 16.7 Å². The van der Waals surface area contributed by atoms with Crippen LogP contribution in [-0.2, 0) is 0 Å². The van der Waals surface area contributed by atoms with Gasteiger partial charge in [0.25, 0.3) is 0 Å². The van der Waals surface area contributed by atoms with E-state index in [2.05, 4.69) is 10.3 Å². The molecule has 106 valence electrons. The van der Waals surface area contributed by atoms with Crippen LogP contribution in [0.25, 0.3) is 5.69 Å². The highest BCUT2D eigenvalue weighted by Gasteiger charge is 2.07. The smallest absolute Gasteiger partial charge is 0.212 e. The van der Waals surface area contributed by atoms with E-state index in [0.29, 0.717) is 10.8 Å². The van der Waals surface area contributed by atoms with Crippen molar-refractivity contribution in [1.29, 1.82) is 0 Å². The monoisotopic (exact) mass is 299 g/mol. The Morgan fingerprint density at radius 2 is 1.95 bits per heavy atom. The van der Waals surface area contributed by atoms with Crippen molar-refractivity contribution < 1.29 is 4.74 Å². The zero-order valence-electron chi connectivity index (χ0n) is 11.5. The maximum atomic E-state index is 6.03. The summed E-state index contributed by atoms with van der Waals surface area (Å²) >= 11 is 6.03. The summed E-state index contributed by atoms with van der Waals surface area (Å²) < 4.78 is 7.19. The second-order valence-electron chi connectivity index (χ2n) is 4.43. The summed E-state index contributed by atoms with van der Waals surface area (Å²) in [7, 11) is 1.59. The largest absolute Gasteiger partial charge is 0.495 e. The molecule has 3 rings (SSSR count). The molecular weight excluding hydrogens is 286 g/mol. The number of nitrogens with one attached hydrogen (secondary N) is 1. The van der Waals surface area contributed by atoms with Gasteiger partial charge in [0.1, 0.15) is 5.75 Å². The van der Waals surface area contributed by atoms with Crippen molar-refractivity contribution >= 4 is 23.2 Å². The Hall–Kier alpha value is -2.46. The van der Waals surface area contributed by atoms with Crippen molar-refractivity contribution in [1.82, 2.24) is 9.55 Å². The molecule has 0 aliphatic heterocycles. The minimum atomic E-state index is 0.578. The standard InChI is InChI=1S/C16H14ClN3O/c1-21-15-11-12(7-8-14(15)17)19-16-18-9-10-20(16)13-5-3-2-4-6-13/h2-11H,1H3,(H,18,19). The molecule has 4 nitrogen and oxygen atoms in total. The summed E-state index contributed by atoms with van der Waals surface area (Å²) in [5, 5.41) is 3.84. The molecule has 0 unspecified atom stereocenters. The van der Waals surface area contributed by atoms with Gasteiger partial charge in [-0.1, -0.05) is 29.8 Å². The van der Waals surface area contributed by atoms with Gasteiger partial charge in [0.15, 0.2) is 0 Å². The topological polar surface area (TPSA) is 39.1 Å². The van der Waals surface area contributed by atoms with Gasteiger partial charge in [-0.05, 0) is 24.3 Å². The van der Waals surface area contributed by atoms with Crippen molar-refractivity contribution in [3.8, 4) is 11.4 Å². The first-order chi connectivity index (χ1) is 10.3. The average molecular weight is 300 g/mol. The predicted molar refractivity (Wildman–Crippen MR) is 84.9 cm³/mol. The van der Waals surface area contributed by atoms with Gasteiger partial charge < -0.3 is 10.1 Å². The Bertz CT molecular complexity index is 740. The Morgan fingerprint density at radius 3 is 2.71 bits per heavy atom. The number of imidazole rings is 1. The first-order valence-corrected chi connectivity index (χ1v) is 6.85. The van der Waals surface area contributed by atoms with Gasteiger partial charge in [0, 0.05) is 29.8 Å². The van der Waals surface area contributed by atoms with Crippen LogP contribution in [0.5, 0.6) is 5.75 Å². The molecule has 0 radical (unpaired) electrons. The lowest BCUT2D eigenvalue weighted by molar-refractivity contribution is 0.415. The summed E-state index contributed by atoms with van der Waals surface area (Å²) in [6.45, 7) is 0. The molecule has 2 aromatic carbocycles. The highest BCUT2D eigenvalue weighted by molar-refractivity contribution is 6.32. The van der Waals surface area contributed by atoms with Gasteiger partial charge in [-0.3, -0.25) is 4.57 Å². The first-order valence-electron chi connectivity index (χ1n) is 6.47. The van der Waals surface area contributed by atoms with Crippen molar-refractivity contribution in [2.75, 3.05) is 12.4 Å². The Morgan fingerprint density at radius 1 is 1.14 bits per heavy atom. The molecule has 0 spiro atoms. The molecule has 1 aromatic heterocycles. The fourth-order valence-electron chi connectivity index (χ4n) is 2.06. The van der Waals surface area contributed by atoms with Crippen molar-refractivity contribution in [2.45, 2.75) is 0 Å². The lowest BCUT2D eigenvalue weighted by Crippen LogP contribution is -2.01. The van der Waals surface area contributed by atoms with Crippen LogP contribution in [0.4, 0.5) is 11.6 Å². The summed E-state index contributed by atoms with van der Waals surface area (Å²) in [5.74, 6) is 1.35. The highest BCUT2D eigenvalue weighted by atomic mass is 35.5. The SMILES string of the molecule is COc1cc(Nc2nccn2-c2ccccc2)ccc1Cl. The molecule has 0 bridgehead atoms. The molecular formula is C16H14ClN3O. The van der Waals surface area contributed by atoms with Crippen LogP contribution in [0.1, 0.15) is 0 Å². The van der Waals surface area contributed by atoms with Gasteiger partial charge in [-0.15, -0.1) is 0 Å². The number of para-hydroxylation sites is 1. The fraction of sp³-hybridized carbons (Fsp3) is 0.0625. The molecule has 0 atom stereocenters. The van der Waals surface area contributed by atoms with Crippen LogP contribution in [0.15, 0.2) is 60.9 Å². The summed E-state index contributed by atoms with van der Waals surface area (Å²) in [6.07, 6.45) is 3.66. The fourth-order valence-corrected chi connectivity index (χ4v) is 2.25. The van der Waals surface area contributed by atoms with Gasteiger partial charge in [0.05, 0.1) is 12.1 Å². The third kappa shape index (κ3) is 2.85. The van der Waals surface area contributed by atoms with Gasteiger partial charge in [-0.25, -0.2) is 4.98 Å². The molecule has 0 aliphatic rings. The first kappa shape index (κ1) is 13.5. The van der Waals surface area contributed by atoms with Crippen LogP contribution < -0.4 is 10.1 Å². The van der Waals surface area contributed by atoms with E-state index in [1.165, 1.54) is 0 Å². The number of anilines is 2. The third-order valence-corrected chi connectivity index (χ3v) is 3.39. The number of rotatable bonds is 4.